The quantitative estimate of drug-likeness (QED) is 0.924. The van der Waals surface area contributed by atoms with Crippen molar-refractivity contribution in [3.05, 3.63) is 21.3 Å². The predicted molar refractivity (Wildman–Crippen MR) is 74.0 cm³/mol. The lowest BCUT2D eigenvalue weighted by Gasteiger charge is -2.15. The maximum Gasteiger partial charge on any atom is 0.225 e. The second kappa shape index (κ2) is 5.13. The van der Waals surface area contributed by atoms with Crippen molar-refractivity contribution >= 4 is 34.8 Å². The largest absolute Gasteiger partial charge is 0.351 e. The van der Waals surface area contributed by atoms with Gasteiger partial charge in [-0.25, -0.2) is 0 Å². The highest BCUT2D eigenvalue weighted by Gasteiger charge is 2.41. The molecule has 2 aliphatic rings. The first kappa shape index (κ1) is 12.9. The van der Waals surface area contributed by atoms with Gasteiger partial charge in [0.05, 0.1) is 16.8 Å². The van der Waals surface area contributed by atoms with Gasteiger partial charge in [0, 0.05) is 23.9 Å². The van der Waals surface area contributed by atoms with Gasteiger partial charge in [0.1, 0.15) is 0 Å². The Hall–Kier alpha value is -1.07. The average molecular weight is 299 g/mol. The molecule has 0 spiro atoms. The molecule has 4 nitrogen and oxygen atoms in total. The van der Waals surface area contributed by atoms with Crippen LogP contribution in [0.2, 0.25) is 4.34 Å². The minimum atomic E-state index is -0.191. The average Bonchev–Trinajstić information content (AvgIpc) is 3.03. The summed E-state index contributed by atoms with van der Waals surface area (Å²) in [4.78, 5) is 26.7. The molecule has 1 saturated carbocycles. The Kier molecular flexibility index (Phi) is 3.50. The zero-order valence-electron chi connectivity index (χ0n) is 10.4. The van der Waals surface area contributed by atoms with E-state index in [-0.39, 0.29) is 17.7 Å². The molecule has 3 rings (SSSR count). The molecule has 1 aliphatic carbocycles. The number of nitrogens with zero attached hydrogens (tertiary/aromatic N) is 1. The molecule has 1 N–H and O–H groups in total. The first-order valence-corrected chi connectivity index (χ1v) is 7.64. The molecule has 1 aliphatic heterocycles. The number of thiophene rings is 1. The maximum atomic E-state index is 12.0. The van der Waals surface area contributed by atoms with E-state index in [1.54, 1.807) is 0 Å². The second-order valence-corrected chi connectivity index (χ2v) is 6.90. The van der Waals surface area contributed by atoms with E-state index in [0.717, 1.165) is 22.1 Å². The van der Waals surface area contributed by atoms with E-state index in [2.05, 4.69) is 5.32 Å². The van der Waals surface area contributed by atoms with E-state index < -0.39 is 0 Å². The van der Waals surface area contributed by atoms with Crippen LogP contribution >= 0.6 is 22.9 Å². The first-order chi connectivity index (χ1) is 9.13. The molecule has 1 saturated heterocycles. The van der Waals surface area contributed by atoms with Crippen molar-refractivity contribution in [2.75, 3.05) is 6.54 Å². The number of rotatable bonds is 4. The molecular weight excluding hydrogens is 284 g/mol. The molecule has 2 amide bonds. The Balaban J connectivity index is 1.52. The minimum absolute atomic E-state index is 0.0268. The number of carbonyl (C=O) groups excluding carboxylic acids is 2. The molecule has 1 aromatic rings. The summed E-state index contributed by atoms with van der Waals surface area (Å²) in [5, 5.41) is 2.89. The van der Waals surface area contributed by atoms with E-state index >= 15 is 0 Å². The summed E-state index contributed by atoms with van der Waals surface area (Å²) in [5.41, 5.74) is 0. The van der Waals surface area contributed by atoms with Crippen LogP contribution in [0.15, 0.2) is 12.1 Å². The van der Waals surface area contributed by atoms with E-state index in [4.69, 9.17) is 11.6 Å². The number of amides is 2. The standard InChI is InChI=1S/C13H15ClN2O2S/c14-11-4-3-10(19-11)6-15-13(18)8-5-12(17)16(7-8)9-1-2-9/h3-4,8-9H,1-2,5-7H2,(H,15,18). The molecule has 6 heteroatoms. The van der Waals surface area contributed by atoms with Crippen LogP contribution in [0.4, 0.5) is 0 Å². The summed E-state index contributed by atoms with van der Waals surface area (Å²) in [5.74, 6) is -0.0913. The normalized spacial score (nSPS) is 22.9. The molecule has 1 unspecified atom stereocenters. The SMILES string of the molecule is O=C(NCc1ccc(Cl)s1)C1CC(=O)N(C2CC2)C1. The highest BCUT2D eigenvalue weighted by molar-refractivity contribution is 7.16. The van der Waals surface area contributed by atoms with Crippen molar-refractivity contribution in [1.29, 1.82) is 0 Å². The Morgan fingerprint density at radius 3 is 2.89 bits per heavy atom. The number of hydrogen-bond acceptors (Lipinski definition) is 3. The third kappa shape index (κ3) is 2.92. The topological polar surface area (TPSA) is 49.4 Å². The van der Waals surface area contributed by atoms with Crippen LogP contribution in [-0.4, -0.2) is 29.3 Å². The van der Waals surface area contributed by atoms with Gasteiger partial charge in [0.25, 0.3) is 0 Å². The molecule has 0 aromatic carbocycles. The monoisotopic (exact) mass is 298 g/mol. The molecular formula is C13H15ClN2O2S. The number of carbonyl (C=O) groups is 2. The van der Waals surface area contributed by atoms with Gasteiger partial charge in [0.2, 0.25) is 11.8 Å². The molecule has 0 bridgehead atoms. The zero-order valence-corrected chi connectivity index (χ0v) is 12.0. The van der Waals surface area contributed by atoms with Crippen LogP contribution in [-0.2, 0) is 16.1 Å². The summed E-state index contributed by atoms with van der Waals surface area (Å²) < 4.78 is 0.722. The van der Waals surface area contributed by atoms with E-state index in [0.29, 0.717) is 25.6 Å². The number of halogens is 1. The molecule has 1 aromatic heterocycles. The molecule has 2 fully saturated rings. The molecule has 2 heterocycles. The summed E-state index contributed by atoms with van der Waals surface area (Å²) >= 11 is 7.30. The van der Waals surface area contributed by atoms with Gasteiger partial charge in [-0.05, 0) is 25.0 Å². The summed E-state index contributed by atoms with van der Waals surface area (Å²) in [6.07, 6.45) is 2.54. The van der Waals surface area contributed by atoms with Gasteiger partial charge in [-0.3, -0.25) is 9.59 Å². The number of likely N-dealkylation sites (tertiary alicyclic amines) is 1. The van der Waals surface area contributed by atoms with Gasteiger partial charge < -0.3 is 10.2 Å². The summed E-state index contributed by atoms with van der Waals surface area (Å²) in [6.45, 7) is 1.07. The van der Waals surface area contributed by atoms with Crippen molar-refractivity contribution in [1.82, 2.24) is 10.2 Å². The van der Waals surface area contributed by atoms with Gasteiger partial charge in [-0.2, -0.15) is 0 Å². The van der Waals surface area contributed by atoms with E-state index in [1.165, 1.54) is 11.3 Å². The van der Waals surface area contributed by atoms with Crippen LogP contribution in [0, 0.1) is 5.92 Å². The minimum Gasteiger partial charge on any atom is -0.351 e. The van der Waals surface area contributed by atoms with Crippen LogP contribution in [0.25, 0.3) is 0 Å². The highest BCUT2D eigenvalue weighted by Crippen LogP contribution is 2.32. The van der Waals surface area contributed by atoms with E-state index in [1.807, 2.05) is 17.0 Å². The van der Waals surface area contributed by atoms with E-state index in [9.17, 15) is 9.59 Å². The summed E-state index contributed by atoms with van der Waals surface area (Å²) in [7, 11) is 0. The van der Waals surface area contributed by atoms with Crippen LogP contribution < -0.4 is 5.32 Å². The molecule has 19 heavy (non-hydrogen) atoms. The van der Waals surface area contributed by atoms with Gasteiger partial charge >= 0.3 is 0 Å². The molecule has 0 radical (unpaired) electrons. The van der Waals surface area contributed by atoms with Crippen molar-refractivity contribution in [2.45, 2.75) is 31.8 Å². The van der Waals surface area contributed by atoms with Crippen LogP contribution in [0.3, 0.4) is 0 Å². The van der Waals surface area contributed by atoms with Crippen molar-refractivity contribution in [3.63, 3.8) is 0 Å². The van der Waals surface area contributed by atoms with Gasteiger partial charge in [0.15, 0.2) is 0 Å². The Morgan fingerprint density at radius 1 is 1.47 bits per heavy atom. The molecule has 1 atom stereocenters. The number of nitrogens with one attached hydrogen (secondary N) is 1. The predicted octanol–water partition coefficient (Wildman–Crippen LogP) is 2.03. The third-order valence-corrected chi connectivity index (χ3v) is 4.81. The van der Waals surface area contributed by atoms with Crippen molar-refractivity contribution in [3.8, 4) is 0 Å². The number of hydrogen-bond donors (Lipinski definition) is 1. The highest BCUT2D eigenvalue weighted by atomic mass is 35.5. The van der Waals surface area contributed by atoms with Gasteiger partial charge in [-0.15, -0.1) is 11.3 Å². The lowest BCUT2D eigenvalue weighted by Crippen LogP contribution is -2.33. The maximum absolute atomic E-state index is 12.0. The molecule has 102 valence electrons. The Labute approximate surface area is 120 Å². The first-order valence-electron chi connectivity index (χ1n) is 6.45. The lowest BCUT2D eigenvalue weighted by atomic mass is 10.1. The second-order valence-electron chi connectivity index (χ2n) is 5.10. The third-order valence-electron chi connectivity index (χ3n) is 3.58. The lowest BCUT2D eigenvalue weighted by molar-refractivity contribution is -0.129. The van der Waals surface area contributed by atoms with Crippen molar-refractivity contribution in [2.24, 2.45) is 5.92 Å². The Bertz CT molecular complexity index is 512. The fourth-order valence-electron chi connectivity index (χ4n) is 2.41. The van der Waals surface area contributed by atoms with Crippen LogP contribution in [0.1, 0.15) is 24.1 Å². The zero-order chi connectivity index (χ0) is 13.4. The van der Waals surface area contributed by atoms with Crippen molar-refractivity contribution < 1.29 is 9.59 Å². The Morgan fingerprint density at radius 2 is 2.26 bits per heavy atom. The summed E-state index contributed by atoms with van der Waals surface area (Å²) in [6, 6.07) is 4.13. The smallest absolute Gasteiger partial charge is 0.225 e. The fraction of sp³-hybridized carbons (Fsp3) is 0.538. The van der Waals surface area contributed by atoms with Gasteiger partial charge in [-0.1, -0.05) is 11.6 Å². The fourth-order valence-corrected chi connectivity index (χ4v) is 3.44. The van der Waals surface area contributed by atoms with Crippen LogP contribution in [0.5, 0.6) is 0 Å².